The van der Waals surface area contributed by atoms with Crippen molar-refractivity contribution in [3.05, 3.63) is 24.3 Å². The molecule has 0 amide bonds. The normalized spacial score (nSPS) is 20.3. The summed E-state index contributed by atoms with van der Waals surface area (Å²) < 4.78 is 11.4. The Morgan fingerprint density at radius 1 is 1.47 bits per heavy atom. The Balaban J connectivity index is 1.91. The lowest BCUT2D eigenvalue weighted by atomic mass is 10.00. The van der Waals surface area contributed by atoms with E-state index in [2.05, 4.69) is 22.3 Å². The molecule has 0 aliphatic carbocycles. The zero-order chi connectivity index (χ0) is 13.7. The number of rotatable bonds is 6. The summed E-state index contributed by atoms with van der Waals surface area (Å²) in [6, 6.07) is 8.53. The molecule has 1 N–H and O–H groups in total. The van der Waals surface area contributed by atoms with Crippen molar-refractivity contribution in [3.8, 4) is 5.75 Å². The van der Waals surface area contributed by atoms with Gasteiger partial charge < -0.3 is 19.7 Å². The van der Waals surface area contributed by atoms with Gasteiger partial charge in [-0.05, 0) is 25.6 Å². The van der Waals surface area contributed by atoms with E-state index in [-0.39, 0.29) is 0 Å². The lowest BCUT2D eigenvalue weighted by Crippen LogP contribution is -2.39. The number of hydrogen-bond acceptors (Lipinski definition) is 4. The number of benzene rings is 1. The lowest BCUT2D eigenvalue weighted by molar-refractivity contribution is 0.162. The quantitative estimate of drug-likeness (QED) is 0.849. The van der Waals surface area contributed by atoms with Crippen LogP contribution in [0.5, 0.6) is 5.75 Å². The van der Waals surface area contributed by atoms with Gasteiger partial charge in [-0.15, -0.1) is 0 Å². The first-order chi connectivity index (χ1) is 9.20. The van der Waals surface area contributed by atoms with Gasteiger partial charge in [-0.1, -0.05) is 6.07 Å². The van der Waals surface area contributed by atoms with E-state index in [1.165, 1.54) is 0 Å². The predicted molar refractivity (Wildman–Crippen MR) is 78.0 cm³/mol. The van der Waals surface area contributed by atoms with Crippen molar-refractivity contribution < 1.29 is 9.47 Å². The van der Waals surface area contributed by atoms with E-state index in [9.17, 15) is 0 Å². The Morgan fingerprint density at radius 3 is 2.95 bits per heavy atom. The lowest BCUT2D eigenvalue weighted by Gasteiger charge is -2.22. The summed E-state index contributed by atoms with van der Waals surface area (Å²) in [5.41, 5.74) is 1.16. The number of nitrogens with one attached hydrogen (secondary N) is 1. The van der Waals surface area contributed by atoms with Gasteiger partial charge >= 0.3 is 0 Å². The van der Waals surface area contributed by atoms with E-state index >= 15 is 0 Å². The zero-order valence-electron chi connectivity index (χ0n) is 12.1. The van der Waals surface area contributed by atoms with Crippen LogP contribution in [0.15, 0.2) is 24.3 Å². The second-order valence-corrected chi connectivity index (χ2v) is 5.22. The molecule has 1 fully saturated rings. The van der Waals surface area contributed by atoms with E-state index in [0.717, 1.165) is 31.1 Å². The van der Waals surface area contributed by atoms with Crippen LogP contribution in [0, 0.1) is 5.92 Å². The first-order valence-corrected chi connectivity index (χ1v) is 6.86. The van der Waals surface area contributed by atoms with Crippen molar-refractivity contribution in [1.29, 1.82) is 0 Å². The number of hydrogen-bond donors (Lipinski definition) is 1. The van der Waals surface area contributed by atoms with Crippen molar-refractivity contribution in [3.63, 3.8) is 0 Å². The minimum absolute atomic E-state index is 0.352. The van der Waals surface area contributed by atoms with Gasteiger partial charge in [0.1, 0.15) is 12.4 Å². The van der Waals surface area contributed by atoms with Gasteiger partial charge in [0.15, 0.2) is 0 Å². The van der Waals surface area contributed by atoms with E-state index < -0.39 is 0 Å². The van der Waals surface area contributed by atoms with Crippen LogP contribution in [-0.2, 0) is 4.74 Å². The highest BCUT2D eigenvalue weighted by Gasteiger charge is 2.25. The van der Waals surface area contributed by atoms with Crippen LogP contribution in [0.1, 0.15) is 6.42 Å². The first kappa shape index (κ1) is 14.2. The third kappa shape index (κ3) is 3.85. The minimum atomic E-state index is 0.352. The molecular weight excluding hydrogens is 240 g/mol. The summed E-state index contributed by atoms with van der Waals surface area (Å²) in [6.07, 6.45) is 1.12. The Kier molecular flexibility index (Phi) is 5.05. The van der Waals surface area contributed by atoms with Crippen molar-refractivity contribution in [1.82, 2.24) is 5.32 Å². The molecule has 4 nitrogen and oxygen atoms in total. The molecule has 1 aromatic carbocycles. The molecule has 2 unspecified atom stereocenters. The largest absolute Gasteiger partial charge is 0.492 e. The minimum Gasteiger partial charge on any atom is -0.492 e. The second-order valence-electron chi connectivity index (χ2n) is 5.22. The van der Waals surface area contributed by atoms with Gasteiger partial charge in [-0.2, -0.15) is 0 Å². The van der Waals surface area contributed by atoms with Crippen LogP contribution in [0.4, 0.5) is 5.69 Å². The third-order valence-corrected chi connectivity index (χ3v) is 3.67. The molecule has 1 aromatic rings. The number of nitrogens with zero attached hydrogens (tertiary/aromatic N) is 1. The molecule has 0 bridgehead atoms. The predicted octanol–water partition coefficient (Wildman–Crippen LogP) is 1.76. The second kappa shape index (κ2) is 6.78. The highest BCUT2D eigenvalue weighted by atomic mass is 16.5. The first-order valence-electron chi connectivity index (χ1n) is 6.86. The van der Waals surface area contributed by atoms with Crippen LogP contribution in [-0.4, -0.2) is 47.0 Å². The van der Waals surface area contributed by atoms with Crippen LogP contribution < -0.4 is 15.0 Å². The highest BCUT2D eigenvalue weighted by Crippen LogP contribution is 2.21. The fraction of sp³-hybridized carbons (Fsp3) is 0.600. The highest BCUT2D eigenvalue weighted by molar-refractivity contribution is 5.49. The average molecular weight is 264 g/mol. The van der Waals surface area contributed by atoms with Gasteiger partial charge in [-0.25, -0.2) is 0 Å². The number of likely N-dealkylation sites (N-methyl/N-ethyl adjacent to an activating group) is 1. The fourth-order valence-corrected chi connectivity index (χ4v) is 2.36. The molecule has 0 aromatic heterocycles. The molecule has 4 heteroatoms. The van der Waals surface area contributed by atoms with E-state index in [4.69, 9.17) is 9.47 Å². The van der Waals surface area contributed by atoms with Crippen molar-refractivity contribution in [2.45, 2.75) is 12.5 Å². The van der Waals surface area contributed by atoms with Crippen molar-refractivity contribution in [2.75, 3.05) is 45.9 Å². The van der Waals surface area contributed by atoms with E-state index in [1.807, 2.05) is 33.3 Å². The smallest absolute Gasteiger partial charge is 0.121 e. The van der Waals surface area contributed by atoms with E-state index in [1.54, 1.807) is 0 Å². The third-order valence-electron chi connectivity index (χ3n) is 3.67. The Labute approximate surface area is 115 Å². The number of ether oxygens (including phenoxy) is 2. The van der Waals surface area contributed by atoms with Crippen molar-refractivity contribution >= 4 is 5.69 Å². The van der Waals surface area contributed by atoms with Crippen LogP contribution in [0.3, 0.4) is 0 Å². The van der Waals surface area contributed by atoms with E-state index in [0.29, 0.717) is 18.6 Å². The monoisotopic (exact) mass is 264 g/mol. The fourth-order valence-electron chi connectivity index (χ4n) is 2.36. The number of anilines is 1. The Hall–Kier alpha value is -1.26. The molecule has 0 spiro atoms. The Morgan fingerprint density at radius 2 is 2.32 bits per heavy atom. The van der Waals surface area contributed by atoms with Crippen molar-refractivity contribution in [2.24, 2.45) is 5.92 Å². The zero-order valence-corrected chi connectivity index (χ0v) is 12.1. The SMILES string of the molecule is CNC(COc1cccc(N(C)C)c1)C1CCOC1. The summed E-state index contributed by atoms with van der Waals surface area (Å²) >= 11 is 0. The molecule has 1 aliphatic heterocycles. The maximum atomic E-state index is 5.92. The molecule has 1 heterocycles. The summed E-state index contributed by atoms with van der Waals surface area (Å²) in [7, 11) is 6.05. The molecule has 106 valence electrons. The maximum absolute atomic E-state index is 5.92. The van der Waals surface area contributed by atoms with Gasteiger partial charge in [0.2, 0.25) is 0 Å². The molecule has 0 radical (unpaired) electrons. The summed E-state index contributed by atoms with van der Waals surface area (Å²) in [5, 5.41) is 3.34. The molecule has 2 rings (SSSR count). The van der Waals surface area contributed by atoms with Gasteiger partial charge in [0.05, 0.1) is 6.61 Å². The van der Waals surface area contributed by atoms with Crippen LogP contribution in [0.25, 0.3) is 0 Å². The summed E-state index contributed by atoms with van der Waals surface area (Å²) in [5.74, 6) is 1.48. The topological polar surface area (TPSA) is 33.7 Å². The molecular formula is C15H24N2O2. The van der Waals surface area contributed by atoms with Gasteiger partial charge in [0.25, 0.3) is 0 Å². The van der Waals surface area contributed by atoms with Gasteiger partial charge in [-0.3, -0.25) is 0 Å². The molecule has 19 heavy (non-hydrogen) atoms. The molecule has 1 aliphatic rings. The average Bonchev–Trinajstić information content (AvgIpc) is 2.94. The van der Waals surface area contributed by atoms with Gasteiger partial charge in [0, 0.05) is 44.4 Å². The summed E-state index contributed by atoms with van der Waals surface area (Å²) in [4.78, 5) is 2.08. The molecule has 2 atom stereocenters. The van der Waals surface area contributed by atoms with Crippen LogP contribution in [0.2, 0.25) is 0 Å². The molecule has 1 saturated heterocycles. The molecule has 0 saturated carbocycles. The summed E-state index contributed by atoms with van der Waals surface area (Å²) in [6.45, 7) is 2.40. The van der Waals surface area contributed by atoms with Crippen LogP contribution >= 0.6 is 0 Å². The Bertz CT molecular complexity index is 389. The standard InChI is InChI=1S/C15H24N2O2/c1-16-15(12-7-8-18-10-12)11-19-14-6-4-5-13(9-14)17(2)3/h4-6,9,12,15-16H,7-8,10-11H2,1-3H3. The maximum Gasteiger partial charge on any atom is 0.121 e.